The van der Waals surface area contributed by atoms with E-state index in [-0.39, 0.29) is 4.90 Å². The summed E-state index contributed by atoms with van der Waals surface area (Å²) in [4.78, 5) is 1.61. The molecule has 0 spiro atoms. The van der Waals surface area contributed by atoms with Crippen molar-refractivity contribution in [2.75, 3.05) is 23.7 Å². The zero-order chi connectivity index (χ0) is 24.9. The molecule has 182 valence electrons. The summed E-state index contributed by atoms with van der Waals surface area (Å²) in [7, 11) is -4.25. The van der Waals surface area contributed by atoms with E-state index in [1.807, 2.05) is 35.2 Å². The topological polar surface area (TPSA) is 63.4 Å². The van der Waals surface area contributed by atoms with E-state index in [2.05, 4.69) is 6.92 Å². The van der Waals surface area contributed by atoms with E-state index in [1.54, 1.807) is 25.1 Å². The molecule has 0 bridgehead atoms. The standard InChI is InChI=1S/C26H29F3N2O2S/c1-3-4-16-31(17-15-20-10-6-5-7-11-20)24-12-8-9-19(2)25(24)34(32,33)21-13-14-23(30)22(18-21)26(27,28)29/h5-14,18H,3-4,15-17,30H2,1-2H3. The summed E-state index contributed by atoms with van der Waals surface area (Å²) in [6.45, 7) is 4.92. The molecule has 0 aliphatic carbocycles. The molecule has 3 aromatic carbocycles. The average Bonchev–Trinajstić information content (AvgIpc) is 2.79. The minimum atomic E-state index is -4.76. The van der Waals surface area contributed by atoms with Crippen molar-refractivity contribution in [3.05, 3.63) is 83.4 Å². The molecular formula is C26H29F3N2O2S. The van der Waals surface area contributed by atoms with E-state index in [9.17, 15) is 21.6 Å². The molecule has 0 heterocycles. The number of hydrogen-bond acceptors (Lipinski definition) is 4. The third kappa shape index (κ3) is 5.73. The number of alkyl halides is 3. The molecule has 4 nitrogen and oxygen atoms in total. The zero-order valence-electron chi connectivity index (χ0n) is 19.3. The van der Waals surface area contributed by atoms with Gasteiger partial charge in [0.25, 0.3) is 0 Å². The Morgan fingerprint density at radius 3 is 2.29 bits per heavy atom. The van der Waals surface area contributed by atoms with Crippen LogP contribution in [0.2, 0.25) is 0 Å². The SMILES string of the molecule is CCCCN(CCc1ccccc1)c1cccc(C)c1S(=O)(=O)c1ccc(N)c(C(F)(F)F)c1. The Kier molecular flexibility index (Phi) is 7.92. The van der Waals surface area contributed by atoms with E-state index in [0.29, 0.717) is 36.8 Å². The maximum atomic E-state index is 13.7. The normalized spacial score (nSPS) is 12.0. The summed E-state index contributed by atoms with van der Waals surface area (Å²) < 4.78 is 67.6. The van der Waals surface area contributed by atoms with Crippen molar-refractivity contribution >= 4 is 21.2 Å². The monoisotopic (exact) mass is 490 g/mol. The molecule has 0 atom stereocenters. The Balaban J connectivity index is 2.08. The van der Waals surface area contributed by atoms with Crippen LogP contribution in [0, 0.1) is 6.92 Å². The highest BCUT2D eigenvalue weighted by molar-refractivity contribution is 7.91. The van der Waals surface area contributed by atoms with Gasteiger partial charge < -0.3 is 10.6 Å². The molecule has 0 radical (unpaired) electrons. The van der Waals surface area contributed by atoms with Crippen molar-refractivity contribution < 1.29 is 21.6 Å². The maximum Gasteiger partial charge on any atom is 0.418 e. The fourth-order valence-corrected chi connectivity index (χ4v) is 5.63. The molecule has 0 aliphatic rings. The summed E-state index contributed by atoms with van der Waals surface area (Å²) in [5.74, 6) is 0. The molecular weight excluding hydrogens is 461 g/mol. The second-order valence-electron chi connectivity index (χ2n) is 8.25. The lowest BCUT2D eigenvalue weighted by Crippen LogP contribution is -2.29. The van der Waals surface area contributed by atoms with Crippen molar-refractivity contribution in [1.82, 2.24) is 0 Å². The van der Waals surface area contributed by atoms with Gasteiger partial charge in [-0.05, 0) is 55.2 Å². The van der Waals surface area contributed by atoms with Crippen LogP contribution in [0.5, 0.6) is 0 Å². The number of rotatable bonds is 9. The first kappa shape index (κ1) is 25.6. The van der Waals surface area contributed by atoms with Crippen molar-refractivity contribution in [3.63, 3.8) is 0 Å². The Morgan fingerprint density at radius 2 is 1.65 bits per heavy atom. The van der Waals surface area contributed by atoms with E-state index < -0.39 is 32.2 Å². The number of sulfone groups is 1. The van der Waals surface area contributed by atoms with Crippen molar-refractivity contribution in [1.29, 1.82) is 0 Å². The molecule has 0 aromatic heterocycles. The van der Waals surface area contributed by atoms with Gasteiger partial charge >= 0.3 is 6.18 Å². The third-order valence-corrected chi connectivity index (χ3v) is 7.68. The fraction of sp³-hybridized carbons (Fsp3) is 0.308. The molecule has 2 N–H and O–H groups in total. The zero-order valence-corrected chi connectivity index (χ0v) is 20.1. The lowest BCUT2D eigenvalue weighted by Gasteiger charge is -2.28. The molecule has 0 saturated carbocycles. The number of aryl methyl sites for hydroxylation is 1. The van der Waals surface area contributed by atoms with Gasteiger partial charge in [0.05, 0.1) is 21.0 Å². The summed E-state index contributed by atoms with van der Waals surface area (Å²) >= 11 is 0. The van der Waals surface area contributed by atoms with E-state index in [1.165, 1.54) is 0 Å². The first-order chi connectivity index (χ1) is 16.1. The molecule has 0 aliphatic heterocycles. The highest BCUT2D eigenvalue weighted by atomic mass is 32.2. The predicted octanol–water partition coefficient (Wildman–Crippen LogP) is 6.28. The Labute approximate surface area is 199 Å². The number of halogens is 3. The number of unbranched alkanes of at least 4 members (excludes halogenated alkanes) is 1. The van der Waals surface area contributed by atoms with Crippen LogP contribution >= 0.6 is 0 Å². The predicted molar refractivity (Wildman–Crippen MR) is 130 cm³/mol. The maximum absolute atomic E-state index is 13.7. The minimum Gasteiger partial charge on any atom is -0.398 e. The van der Waals surface area contributed by atoms with Crippen LogP contribution < -0.4 is 10.6 Å². The van der Waals surface area contributed by atoms with Crippen LogP contribution in [0.4, 0.5) is 24.5 Å². The third-order valence-electron chi connectivity index (χ3n) is 5.74. The number of nitrogens with two attached hydrogens (primary N) is 1. The Morgan fingerprint density at radius 1 is 0.941 bits per heavy atom. The second kappa shape index (κ2) is 10.5. The smallest absolute Gasteiger partial charge is 0.398 e. The number of nitrogen functional groups attached to an aromatic ring is 1. The Hall–Kier alpha value is -3.00. The van der Waals surface area contributed by atoms with Gasteiger partial charge in [-0.1, -0.05) is 55.8 Å². The minimum absolute atomic E-state index is 0.0251. The molecule has 0 fully saturated rings. The lowest BCUT2D eigenvalue weighted by atomic mass is 10.1. The molecule has 8 heteroatoms. The average molecular weight is 491 g/mol. The number of nitrogens with zero attached hydrogens (tertiary/aromatic N) is 1. The first-order valence-corrected chi connectivity index (χ1v) is 12.6. The van der Waals surface area contributed by atoms with Gasteiger partial charge in [-0.15, -0.1) is 0 Å². The molecule has 3 rings (SSSR count). The van der Waals surface area contributed by atoms with Crippen molar-refractivity contribution in [2.45, 2.75) is 49.1 Å². The van der Waals surface area contributed by atoms with Gasteiger partial charge in [0.15, 0.2) is 0 Å². The van der Waals surface area contributed by atoms with Gasteiger partial charge in [-0.25, -0.2) is 8.42 Å². The first-order valence-electron chi connectivity index (χ1n) is 11.2. The summed E-state index contributed by atoms with van der Waals surface area (Å²) in [5, 5.41) is 0. The summed E-state index contributed by atoms with van der Waals surface area (Å²) in [6, 6.07) is 17.8. The highest BCUT2D eigenvalue weighted by Gasteiger charge is 2.35. The van der Waals surface area contributed by atoms with Gasteiger partial charge in [-0.3, -0.25) is 0 Å². The largest absolute Gasteiger partial charge is 0.418 e. The Bertz CT molecular complexity index is 1230. The summed E-state index contributed by atoms with van der Waals surface area (Å²) in [5.41, 5.74) is 5.92. The van der Waals surface area contributed by atoms with Crippen LogP contribution in [-0.2, 0) is 22.4 Å². The number of benzene rings is 3. The molecule has 0 amide bonds. The quantitative estimate of drug-likeness (QED) is 0.359. The van der Waals surface area contributed by atoms with Gasteiger partial charge in [0.2, 0.25) is 9.84 Å². The molecule has 3 aromatic rings. The van der Waals surface area contributed by atoms with E-state index >= 15 is 0 Å². The van der Waals surface area contributed by atoms with Gasteiger partial charge in [0, 0.05) is 18.8 Å². The van der Waals surface area contributed by atoms with E-state index in [4.69, 9.17) is 5.73 Å². The second-order valence-corrected chi connectivity index (χ2v) is 10.1. The molecule has 0 unspecified atom stereocenters. The van der Waals surface area contributed by atoms with Crippen LogP contribution in [0.25, 0.3) is 0 Å². The number of anilines is 2. The van der Waals surface area contributed by atoms with Crippen LogP contribution in [-0.4, -0.2) is 21.5 Å². The van der Waals surface area contributed by atoms with Crippen molar-refractivity contribution in [3.8, 4) is 0 Å². The van der Waals surface area contributed by atoms with E-state index in [0.717, 1.165) is 30.5 Å². The number of hydrogen-bond donors (Lipinski definition) is 1. The van der Waals surface area contributed by atoms with Crippen LogP contribution in [0.1, 0.15) is 36.5 Å². The van der Waals surface area contributed by atoms with Gasteiger partial charge in [0.1, 0.15) is 0 Å². The van der Waals surface area contributed by atoms with Gasteiger partial charge in [-0.2, -0.15) is 13.2 Å². The molecule has 34 heavy (non-hydrogen) atoms. The van der Waals surface area contributed by atoms with Crippen LogP contribution in [0.15, 0.2) is 76.5 Å². The van der Waals surface area contributed by atoms with Crippen LogP contribution in [0.3, 0.4) is 0 Å². The van der Waals surface area contributed by atoms with Crippen molar-refractivity contribution in [2.24, 2.45) is 0 Å². The summed E-state index contributed by atoms with van der Waals surface area (Å²) in [6.07, 6.45) is -2.28. The molecule has 0 saturated heterocycles. The highest BCUT2D eigenvalue weighted by Crippen LogP contribution is 2.38. The fourth-order valence-electron chi connectivity index (χ4n) is 3.91. The lowest BCUT2D eigenvalue weighted by molar-refractivity contribution is -0.137.